The van der Waals surface area contributed by atoms with Crippen LogP contribution < -0.4 is 5.73 Å². The first-order valence-corrected chi connectivity index (χ1v) is 4.51. The predicted octanol–water partition coefficient (Wildman–Crippen LogP) is 2.52. The van der Waals surface area contributed by atoms with E-state index in [2.05, 4.69) is 19.6 Å². The Balaban J connectivity index is 2.97. The summed E-state index contributed by atoms with van der Waals surface area (Å²) in [6.07, 6.45) is 4.05. The third-order valence-corrected chi connectivity index (χ3v) is 1.92. The van der Waals surface area contributed by atoms with Gasteiger partial charge in [-0.3, -0.25) is 0 Å². The lowest BCUT2D eigenvalue weighted by Crippen LogP contribution is -1.87. The Kier molecular flexibility index (Phi) is 3.23. The lowest BCUT2D eigenvalue weighted by molar-refractivity contribution is 1.44. The summed E-state index contributed by atoms with van der Waals surface area (Å²) in [6.45, 7) is 2.07. The van der Waals surface area contributed by atoms with E-state index in [1.165, 1.54) is 11.1 Å². The molecule has 0 aliphatic carbocycles. The number of benzene rings is 1. The van der Waals surface area contributed by atoms with Gasteiger partial charge in [0.2, 0.25) is 0 Å². The molecule has 0 spiro atoms. The highest BCUT2D eigenvalue weighted by molar-refractivity contribution is 7.80. The minimum absolute atomic E-state index is 0.758. The molecule has 2 heteroatoms. The van der Waals surface area contributed by atoms with Crippen LogP contribution in [0.15, 0.2) is 24.3 Å². The molecule has 0 amide bonds. The summed E-state index contributed by atoms with van der Waals surface area (Å²) in [4.78, 5) is 0. The van der Waals surface area contributed by atoms with Crippen LogP contribution in [0, 0.1) is 6.92 Å². The van der Waals surface area contributed by atoms with E-state index in [-0.39, 0.29) is 0 Å². The number of hydrogen-bond donors (Lipinski definition) is 2. The second-order valence-corrected chi connectivity index (χ2v) is 3.07. The largest absolute Gasteiger partial charge is 0.399 e. The van der Waals surface area contributed by atoms with Crippen LogP contribution >= 0.6 is 12.6 Å². The average Bonchev–Trinajstić information content (AvgIpc) is 2.07. The van der Waals surface area contributed by atoms with Gasteiger partial charge in [-0.05, 0) is 30.2 Å². The van der Waals surface area contributed by atoms with Crippen LogP contribution in [-0.4, -0.2) is 5.75 Å². The molecule has 0 aliphatic heterocycles. The van der Waals surface area contributed by atoms with Crippen molar-refractivity contribution in [2.45, 2.75) is 6.92 Å². The SMILES string of the molecule is Cc1ccc(N)cc1C=CCS. The maximum absolute atomic E-state index is 5.65. The molecule has 0 aliphatic rings. The van der Waals surface area contributed by atoms with Crippen LogP contribution in [0.1, 0.15) is 11.1 Å². The molecule has 0 unspecified atom stereocenters. The van der Waals surface area contributed by atoms with Crippen molar-refractivity contribution in [2.24, 2.45) is 0 Å². The Morgan fingerprint density at radius 1 is 1.50 bits per heavy atom. The van der Waals surface area contributed by atoms with E-state index in [9.17, 15) is 0 Å². The molecule has 0 atom stereocenters. The molecule has 12 heavy (non-hydrogen) atoms. The van der Waals surface area contributed by atoms with Crippen LogP contribution in [0.4, 0.5) is 5.69 Å². The second-order valence-electron chi connectivity index (χ2n) is 2.70. The summed E-state index contributed by atoms with van der Waals surface area (Å²) in [7, 11) is 0. The van der Waals surface area contributed by atoms with E-state index in [0.717, 1.165) is 11.4 Å². The summed E-state index contributed by atoms with van der Waals surface area (Å²) in [6, 6.07) is 5.90. The Hall–Kier alpha value is -0.890. The zero-order valence-electron chi connectivity index (χ0n) is 7.12. The van der Waals surface area contributed by atoms with Crippen molar-refractivity contribution in [1.82, 2.24) is 0 Å². The maximum Gasteiger partial charge on any atom is 0.0320 e. The van der Waals surface area contributed by atoms with Gasteiger partial charge in [0.15, 0.2) is 0 Å². The number of nitrogen functional groups attached to an aromatic ring is 1. The zero-order chi connectivity index (χ0) is 8.97. The minimum Gasteiger partial charge on any atom is -0.399 e. The Labute approximate surface area is 78.7 Å². The van der Waals surface area contributed by atoms with Crippen molar-refractivity contribution in [3.8, 4) is 0 Å². The van der Waals surface area contributed by atoms with E-state index in [1.54, 1.807) is 0 Å². The third-order valence-electron chi connectivity index (χ3n) is 1.71. The van der Waals surface area contributed by atoms with Crippen LogP contribution in [0.5, 0.6) is 0 Å². The van der Waals surface area contributed by atoms with Gasteiger partial charge in [0.25, 0.3) is 0 Å². The fourth-order valence-electron chi connectivity index (χ4n) is 1.02. The monoisotopic (exact) mass is 179 g/mol. The van der Waals surface area contributed by atoms with Crippen molar-refractivity contribution in [3.63, 3.8) is 0 Å². The first-order valence-electron chi connectivity index (χ1n) is 3.87. The molecule has 0 heterocycles. The lowest BCUT2D eigenvalue weighted by Gasteiger charge is -2.00. The molecular weight excluding hydrogens is 166 g/mol. The zero-order valence-corrected chi connectivity index (χ0v) is 8.01. The van der Waals surface area contributed by atoms with Crippen molar-refractivity contribution < 1.29 is 0 Å². The summed E-state index contributed by atoms with van der Waals surface area (Å²) in [5.41, 5.74) is 8.86. The minimum atomic E-state index is 0.758. The number of thiol groups is 1. The second kappa shape index (κ2) is 4.21. The number of rotatable bonds is 2. The van der Waals surface area contributed by atoms with Crippen molar-refractivity contribution in [1.29, 1.82) is 0 Å². The van der Waals surface area contributed by atoms with Crippen LogP contribution in [0.2, 0.25) is 0 Å². The van der Waals surface area contributed by atoms with Crippen LogP contribution in [-0.2, 0) is 0 Å². The van der Waals surface area contributed by atoms with Crippen LogP contribution in [0.3, 0.4) is 0 Å². The molecule has 1 aromatic rings. The van der Waals surface area contributed by atoms with Crippen molar-refractivity contribution >= 4 is 24.4 Å². The number of anilines is 1. The number of nitrogens with two attached hydrogens (primary N) is 1. The highest BCUT2D eigenvalue weighted by Crippen LogP contribution is 2.13. The predicted molar refractivity (Wildman–Crippen MR) is 58.5 cm³/mol. The molecule has 1 nitrogen and oxygen atoms in total. The molecule has 0 bridgehead atoms. The number of hydrogen-bond acceptors (Lipinski definition) is 2. The normalized spacial score (nSPS) is 10.8. The van der Waals surface area contributed by atoms with E-state index in [1.807, 2.05) is 30.4 Å². The number of aryl methyl sites for hydroxylation is 1. The summed E-state index contributed by atoms with van der Waals surface area (Å²) >= 11 is 4.09. The molecule has 0 aromatic heterocycles. The summed E-state index contributed by atoms with van der Waals surface area (Å²) in [5.74, 6) is 0.758. The van der Waals surface area contributed by atoms with E-state index in [0.29, 0.717) is 0 Å². The van der Waals surface area contributed by atoms with Crippen molar-refractivity contribution in [2.75, 3.05) is 11.5 Å². The molecular formula is C10H13NS. The molecule has 2 N–H and O–H groups in total. The molecule has 0 radical (unpaired) electrons. The molecule has 64 valence electrons. The molecule has 0 saturated heterocycles. The van der Waals surface area contributed by atoms with Gasteiger partial charge < -0.3 is 5.73 Å². The molecule has 1 aromatic carbocycles. The fourth-order valence-corrected chi connectivity index (χ4v) is 1.12. The summed E-state index contributed by atoms with van der Waals surface area (Å²) in [5, 5.41) is 0. The molecule has 0 saturated carbocycles. The quantitative estimate of drug-likeness (QED) is 0.529. The van der Waals surface area contributed by atoms with Gasteiger partial charge in [0.05, 0.1) is 0 Å². The van der Waals surface area contributed by atoms with Crippen LogP contribution in [0.25, 0.3) is 6.08 Å². The Morgan fingerprint density at radius 2 is 2.25 bits per heavy atom. The fraction of sp³-hybridized carbons (Fsp3) is 0.200. The first kappa shape index (κ1) is 9.20. The average molecular weight is 179 g/mol. The highest BCUT2D eigenvalue weighted by atomic mass is 32.1. The first-order chi connectivity index (χ1) is 5.74. The Bertz CT molecular complexity index is 292. The van der Waals surface area contributed by atoms with Gasteiger partial charge in [0.1, 0.15) is 0 Å². The van der Waals surface area contributed by atoms with Gasteiger partial charge in [0, 0.05) is 11.4 Å². The van der Waals surface area contributed by atoms with Gasteiger partial charge in [-0.15, -0.1) is 0 Å². The smallest absolute Gasteiger partial charge is 0.0320 e. The third kappa shape index (κ3) is 2.31. The maximum atomic E-state index is 5.65. The van der Waals surface area contributed by atoms with E-state index in [4.69, 9.17) is 5.73 Å². The highest BCUT2D eigenvalue weighted by Gasteiger charge is 1.93. The van der Waals surface area contributed by atoms with E-state index < -0.39 is 0 Å². The topological polar surface area (TPSA) is 26.0 Å². The Morgan fingerprint density at radius 3 is 2.92 bits per heavy atom. The van der Waals surface area contributed by atoms with Gasteiger partial charge in [-0.2, -0.15) is 12.6 Å². The van der Waals surface area contributed by atoms with Gasteiger partial charge >= 0.3 is 0 Å². The van der Waals surface area contributed by atoms with Gasteiger partial charge in [-0.25, -0.2) is 0 Å². The van der Waals surface area contributed by atoms with Crippen molar-refractivity contribution in [3.05, 3.63) is 35.4 Å². The van der Waals surface area contributed by atoms with E-state index >= 15 is 0 Å². The molecule has 1 rings (SSSR count). The molecule has 0 fully saturated rings. The standard InChI is InChI=1S/C10H13NS/c1-8-4-5-10(11)7-9(8)3-2-6-12/h2-5,7,12H,6,11H2,1H3. The summed E-state index contributed by atoms with van der Waals surface area (Å²) < 4.78 is 0. The van der Waals surface area contributed by atoms with Gasteiger partial charge in [-0.1, -0.05) is 18.2 Å². The lowest BCUT2D eigenvalue weighted by atomic mass is 10.1.